The number of hydrogen-bond donors (Lipinski definition) is 0. The van der Waals surface area contributed by atoms with Gasteiger partial charge in [-0.15, -0.1) is 0 Å². The molecule has 35 heavy (non-hydrogen) atoms. The van der Waals surface area contributed by atoms with Gasteiger partial charge in [0.25, 0.3) is 0 Å². The van der Waals surface area contributed by atoms with Crippen LogP contribution in [0.4, 0.5) is 22.0 Å². The topological polar surface area (TPSA) is 86.7 Å². The van der Waals surface area contributed by atoms with Crippen LogP contribution >= 0.6 is 0 Å². The van der Waals surface area contributed by atoms with Gasteiger partial charge in [-0.25, -0.2) is 8.78 Å². The summed E-state index contributed by atoms with van der Waals surface area (Å²) in [7, 11) is -8.36. The fraction of sp³-hybridized carbons (Fsp3) is 0.182. The molecule has 0 N–H and O–H groups in total. The summed E-state index contributed by atoms with van der Waals surface area (Å²) in [4.78, 5) is 0. The monoisotopic (exact) mass is 536 g/mol. The minimum atomic E-state index is -5.19. The molecule has 0 aliphatic rings. The Bertz CT molecular complexity index is 1370. The fourth-order valence-corrected chi connectivity index (χ4v) is 4.53. The summed E-state index contributed by atoms with van der Waals surface area (Å²) >= 11 is 0. The maximum absolute atomic E-state index is 14.9. The van der Waals surface area contributed by atoms with Crippen LogP contribution < -0.4 is 8.37 Å². The van der Waals surface area contributed by atoms with Gasteiger partial charge in [-0.1, -0.05) is 42.5 Å². The summed E-state index contributed by atoms with van der Waals surface area (Å²) in [6.45, 7) is 0. The third kappa shape index (κ3) is 5.56. The molecule has 6 nitrogen and oxygen atoms in total. The van der Waals surface area contributed by atoms with E-state index in [-0.39, 0.29) is 0 Å². The molecule has 3 aromatic rings. The van der Waals surface area contributed by atoms with Crippen molar-refractivity contribution in [3.8, 4) is 11.5 Å². The average Bonchev–Trinajstić information content (AvgIpc) is 2.70. The van der Waals surface area contributed by atoms with Crippen LogP contribution in [-0.2, 0) is 25.7 Å². The normalized spacial score (nSPS) is 12.9. The number of halogens is 5. The molecule has 0 aliphatic carbocycles. The second-order valence-electron chi connectivity index (χ2n) is 7.48. The Morgan fingerprint density at radius 1 is 0.629 bits per heavy atom. The lowest BCUT2D eigenvalue weighted by atomic mass is 9.68. The van der Waals surface area contributed by atoms with Gasteiger partial charge in [-0.3, -0.25) is 0 Å². The molecular weight excluding hydrogens is 519 g/mol. The zero-order chi connectivity index (χ0) is 26.2. The summed E-state index contributed by atoms with van der Waals surface area (Å²) in [6, 6.07) is 10.2. The quantitative estimate of drug-likeness (QED) is 0.251. The molecule has 13 heteroatoms. The molecule has 0 bridgehead atoms. The van der Waals surface area contributed by atoms with Crippen LogP contribution in [0.5, 0.6) is 11.5 Å². The van der Waals surface area contributed by atoms with E-state index in [2.05, 4.69) is 8.37 Å². The fourth-order valence-electron chi connectivity index (χ4n) is 3.61. The lowest BCUT2D eigenvalue weighted by Gasteiger charge is -2.37. The second kappa shape index (κ2) is 9.11. The summed E-state index contributed by atoms with van der Waals surface area (Å²) in [5.41, 5.74) is -5.00. The van der Waals surface area contributed by atoms with Gasteiger partial charge in [0, 0.05) is 0 Å². The number of hydrogen-bond acceptors (Lipinski definition) is 6. The van der Waals surface area contributed by atoms with E-state index < -0.39 is 71.7 Å². The first-order valence-electron chi connectivity index (χ1n) is 9.56. The van der Waals surface area contributed by atoms with Gasteiger partial charge in [-0.05, 0) is 41.0 Å². The number of alkyl halides is 3. The largest absolute Gasteiger partial charge is 0.406 e. The van der Waals surface area contributed by atoms with Crippen molar-refractivity contribution in [3.63, 3.8) is 0 Å². The van der Waals surface area contributed by atoms with E-state index in [4.69, 9.17) is 0 Å². The number of rotatable bonds is 7. The molecule has 0 amide bonds. The standard InChI is InChI=1S/C22H17F5O6S2/c1-34(28,29)32-19-10-8-15(12-17(19)23)21(22(25,26)27,14-6-4-3-5-7-14)16-9-11-20(18(24)13-16)33-35(2,30)31/h3-13H,1-2H3. The van der Waals surface area contributed by atoms with Crippen LogP contribution in [0.3, 0.4) is 0 Å². The van der Waals surface area contributed by atoms with Crippen molar-refractivity contribution >= 4 is 20.2 Å². The van der Waals surface area contributed by atoms with Crippen LogP contribution in [0.15, 0.2) is 66.7 Å². The zero-order valence-electron chi connectivity index (χ0n) is 18.0. The molecule has 0 spiro atoms. The maximum atomic E-state index is 14.9. The molecule has 188 valence electrons. The number of benzene rings is 3. The highest BCUT2D eigenvalue weighted by atomic mass is 32.2. The Hall–Kier alpha value is -3.19. The summed E-state index contributed by atoms with van der Waals surface area (Å²) in [6.07, 6.45) is -3.92. The molecular formula is C22H17F5O6S2. The van der Waals surface area contributed by atoms with Gasteiger partial charge in [0.15, 0.2) is 23.1 Å². The third-order valence-electron chi connectivity index (χ3n) is 4.84. The van der Waals surface area contributed by atoms with Crippen LogP contribution in [0.25, 0.3) is 0 Å². The minimum Gasteiger partial charge on any atom is -0.379 e. The highest BCUT2D eigenvalue weighted by Gasteiger charge is 2.58. The van der Waals surface area contributed by atoms with Crippen molar-refractivity contribution in [2.75, 3.05) is 12.5 Å². The van der Waals surface area contributed by atoms with Gasteiger partial charge in [0.2, 0.25) is 0 Å². The smallest absolute Gasteiger partial charge is 0.379 e. The van der Waals surface area contributed by atoms with Crippen molar-refractivity contribution in [2.24, 2.45) is 0 Å². The predicted molar refractivity (Wildman–Crippen MR) is 116 cm³/mol. The SMILES string of the molecule is CS(=O)(=O)Oc1ccc(C(c2ccccc2)(c2ccc(OS(C)(=O)=O)c(F)c2)C(F)(F)F)cc1F. The molecule has 0 saturated carbocycles. The molecule has 3 aromatic carbocycles. The van der Waals surface area contributed by atoms with E-state index in [0.29, 0.717) is 36.8 Å². The van der Waals surface area contributed by atoms with Gasteiger partial charge in [0.1, 0.15) is 5.41 Å². The third-order valence-corrected chi connectivity index (χ3v) is 5.81. The van der Waals surface area contributed by atoms with E-state index in [1.165, 1.54) is 18.2 Å². The van der Waals surface area contributed by atoms with Crippen molar-refractivity contribution < 1.29 is 47.2 Å². The first kappa shape index (κ1) is 26.4. The van der Waals surface area contributed by atoms with E-state index in [0.717, 1.165) is 24.3 Å². The van der Waals surface area contributed by atoms with Crippen molar-refractivity contribution in [1.82, 2.24) is 0 Å². The molecule has 0 radical (unpaired) electrons. The van der Waals surface area contributed by atoms with Crippen molar-refractivity contribution in [2.45, 2.75) is 11.6 Å². The first-order chi connectivity index (χ1) is 16.0. The van der Waals surface area contributed by atoms with Crippen LogP contribution in [0.2, 0.25) is 0 Å². The van der Waals surface area contributed by atoms with E-state index >= 15 is 0 Å². The molecule has 0 atom stereocenters. The molecule has 0 aromatic heterocycles. The first-order valence-corrected chi connectivity index (χ1v) is 13.2. The predicted octanol–water partition coefficient (Wildman–Crippen LogP) is 4.54. The summed E-state index contributed by atoms with van der Waals surface area (Å²) in [5, 5.41) is 0. The Labute approximate surface area is 198 Å². The Balaban J connectivity index is 2.35. The average molecular weight is 536 g/mol. The maximum Gasteiger partial charge on any atom is 0.406 e. The highest BCUT2D eigenvalue weighted by Crippen LogP contribution is 2.52. The molecule has 0 heterocycles. The molecule has 0 aliphatic heterocycles. The second-order valence-corrected chi connectivity index (χ2v) is 10.6. The Kier molecular flexibility index (Phi) is 6.88. The van der Waals surface area contributed by atoms with Crippen LogP contribution in [-0.4, -0.2) is 35.5 Å². The van der Waals surface area contributed by atoms with E-state index in [9.17, 15) is 38.8 Å². The van der Waals surface area contributed by atoms with Crippen molar-refractivity contribution in [1.29, 1.82) is 0 Å². The van der Waals surface area contributed by atoms with E-state index in [1.54, 1.807) is 0 Å². The molecule has 3 rings (SSSR count). The van der Waals surface area contributed by atoms with Crippen LogP contribution in [0.1, 0.15) is 16.7 Å². The lowest BCUT2D eigenvalue weighted by Crippen LogP contribution is -2.44. The van der Waals surface area contributed by atoms with Crippen molar-refractivity contribution in [3.05, 3.63) is 95.1 Å². The van der Waals surface area contributed by atoms with Crippen LogP contribution in [0, 0.1) is 11.6 Å². The van der Waals surface area contributed by atoms with Gasteiger partial charge < -0.3 is 8.37 Å². The Morgan fingerprint density at radius 2 is 1.03 bits per heavy atom. The Morgan fingerprint density at radius 3 is 1.34 bits per heavy atom. The molecule has 0 saturated heterocycles. The highest BCUT2D eigenvalue weighted by molar-refractivity contribution is 7.86. The molecule has 0 fully saturated rings. The summed E-state index contributed by atoms with van der Waals surface area (Å²) < 4.78 is 129. The van der Waals surface area contributed by atoms with E-state index in [1.807, 2.05) is 0 Å². The van der Waals surface area contributed by atoms with Gasteiger partial charge in [-0.2, -0.15) is 30.0 Å². The molecule has 0 unspecified atom stereocenters. The minimum absolute atomic E-state index is 0.417. The lowest BCUT2D eigenvalue weighted by molar-refractivity contribution is -0.166. The van der Waals surface area contributed by atoms with Gasteiger partial charge >= 0.3 is 26.4 Å². The van der Waals surface area contributed by atoms with Gasteiger partial charge in [0.05, 0.1) is 12.5 Å². The zero-order valence-corrected chi connectivity index (χ0v) is 19.6. The summed E-state index contributed by atoms with van der Waals surface area (Å²) in [5.74, 6) is -4.48.